The van der Waals surface area contributed by atoms with Gasteiger partial charge in [-0.1, -0.05) is 6.07 Å². The highest BCUT2D eigenvalue weighted by Gasteiger charge is 2.38. The lowest BCUT2D eigenvalue weighted by atomic mass is 9.93. The molecule has 0 aromatic heterocycles. The second kappa shape index (κ2) is 4.81. The Bertz CT molecular complexity index is 769. The van der Waals surface area contributed by atoms with Gasteiger partial charge in [0.25, 0.3) is 0 Å². The standard InChI is InChI=1S/C15H12O7/c16-8-2-1-6(3-9(8)17)15-14(21)13(20)7-4-10(18)11(19)5-12(7)22-15/h1-5,14-19,21H/t14-,15-/m0/s1. The molecule has 0 bridgehead atoms. The number of carbonyl (C=O) groups is 1. The molecule has 7 heteroatoms. The molecule has 0 amide bonds. The third kappa shape index (κ3) is 2.08. The Hall–Kier alpha value is -2.93. The normalized spacial score (nSPS) is 20.3. The molecule has 1 aliphatic heterocycles. The van der Waals surface area contributed by atoms with Crippen LogP contribution in [0.5, 0.6) is 28.7 Å². The van der Waals surface area contributed by atoms with Crippen molar-refractivity contribution >= 4 is 5.78 Å². The molecule has 3 rings (SSSR count). The summed E-state index contributed by atoms with van der Waals surface area (Å²) in [7, 11) is 0. The molecule has 2 atom stereocenters. The first-order valence-corrected chi connectivity index (χ1v) is 6.35. The van der Waals surface area contributed by atoms with Crippen LogP contribution in [-0.2, 0) is 0 Å². The maximum Gasteiger partial charge on any atom is 0.199 e. The van der Waals surface area contributed by atoms with Gasteiger partial charge >= 0.3 is 0 Å². The van der Waals surface area contributed by atoms with E-state index in [0.29, 0.717) is 0 Å². The van der Waals surface area contributed by atoms with Crippen LogP contribution in [0.1, 0.15) is 22.0 Å². The number of benzene rings is 2. The van der Waals surface area contributed by atoms with Crippen LogP contribution in [0.15, 0.2) is 30.3 Å². The van der Waals surface area contributed by atoms with Crippen LogP contribution in [0.4, 0.5) is 0 Å². The van der Waals surface area contributed by atoms with Crippen molar-refractivity contribution in [1.82, 2.24) is 0 Å². The highest BCUT2D eigenvalue weighted by Crippen LogP contribution is 2.41. The molecule has 0 saturated carbocycles. The summed E-state index contributed by atoms with van der Waals surface area (Å²) in [5.41, 5.74) is 0.219. The molecule has 2 aromatic rings. The maximum atomic E-state index is 12.2. The number of phenolic OH excluding ortho intramolecular Hbond substituents is 4. The number of ether oxygens (including phenoxy) is 1. The zero-order valence-electron chi connectivity index (χ0n) is 11.1. The zero-order chi connectivity index (χ0) is 16.0. The van der Waals surface area contributed by atoms with Crippen molar-refractivity contribution in [2.75, 3.05) is 0 Å². The average molecular weight is 304 g/mol. The molecule has 1 heterocycles. The van der Waals surface area contributed by atoms with Crippen molar-refractivity contribution in [3.63, 3.8) is 0 Å². The minimum Gasteiger partial charge on any atom is -0.504 e. The van der Waals surface area contributed by atoms with Crippen molar-refractivity contribution in [3.05, 3.63) is 41.5 Å². The number of hydrogen-bond donors (Lipinski definition) is 5. The Morgan fingerprint density at radius 1 is 0.864 bits per heavy atom. The molecule has 0 aliphatic carbocycles. The van der Waals surface area contributed by atoms with Crippen LogP contribution in [0.2, 0.25) is 0 Å². The number of aliphatic hydroxyl groups is 1. The van der Waals surface area contributed by atoms with Gasteiger partial charge in [0.15, 0.2) is 41.0 Å². The lowest BCUT2D eigenvalue weighted by molar-refractivity contribution is 0.0214. The Morgan fingerprint density at radius 3 is 2.18 bits per heavy atom. The highest BCUT2D eigenvalue weighted by atomic mass is 16.5. The van der Waals surface area contributed by atoms with Gasteiger partial charge in [0.2, 0.25) is 0 Å². The number of Topliss-reactive ketones (excluding diaryl/α,β-unsaturated/α-hetero) is 1. The van der Waals surface area contributed by atoms with E-state index in [1.165, 1.54) is 18.2 Å². The summed E-state index contributed by atoms with van der Waals surface area (Å²) in [6.07, 6.45) is -2.67. The van der Waals surface area contributed by atoms with Gasteiger partial charge in [-0.05, 0) is 23.8 Å². The highest BCUT2D eigenvalue weighted by molar-refractivity contribution is 6.03. The number of ketones is 1. The number of fused-ring (bicyclic) bond motifs is 1. The quantitative estimate of drug-likeness (QED) is 0.501. The van der Waals surface area contributed by atoms with Gasteiger partial charge in [0, 0.05) is 6.07 Å². The smallest absolute Gasteiger partial charge is 0.199 e. The van der Waals surface area contributed by atoms with E-state index < -0.39 is 35.2 Å². The van der Waals surface area contributed by atoms with Gasteiger partial charge in [-0.25, -0.2) is 0 Å². The first-order valence-electron chi connectivity index (χ1n) is 6.35. The molecule has 0 unspecified atom stereocenters. The molecule has 114 valence electrons. The van der Waals surface area contributed by atoms with Crippen molar-refractivity contribution in [1.29, 1.82) is 0 Å². The van der Waals surface area contributed by atoms with Crippen molar-refractivity contribution in [2.45, 2.75) is 12.2 Å². The van der Waals surface area contributed by atoms with E-state index >= 15 is 0 Å². The fourth-order valence-corrected chi connectivity index (χ4v) is 2.31. The number of phenols is 4. The van der Waals surface area contributed by atoms with E-state index in [9.17, 15) is 30.3 Å². The minimum atomic E-state index is -1.56. The lowest BCUT2D eigenvalue weighted by Crippen LogP contribution is -2.36. The van der Waals surface area contributed by atoms with E-state index in [-0.39, 0.29) is 22.6 Å². The molecule has 5 N–H and O–H groups in total. The van der Waals surface area contributed by atoms with E-state index in [1.807, 2.05) is 0 Å². The van der Waals surface area contributed by atoms with Gasteiger partial charge in [0.1, 0.15) is 5.75 Å². The largest absolute Gasteiger partial charge is 0.504 e. The van der Waals surface area contributed by atoms with Crippen molar-refractivity contribution in [3.8, 4) is 28.7 Å². The summed E-state index contributed by atoms with van der Waals surface area (Å²) < 4.78 is 5.50. The molecular weight excluding hydrogens is 292 g/mol. The topological polar surface area (TPSA) is 127 Å². The average Bonchev–Trinajstić information content (AvgIpc) is 2.48. The fraction of sp³-hybridized carbons (Fsp3) is 0.133. The van der Waals surface area contributed by atoms with Crippen LogP contribution in [0.25, 0.3) is 0 Å². The third-order valence-corrected chi connectivity index (χ3v) is 3.48. The fourth-order valence-electron chi connectivity index (χ4n) is 2.31. The summed E-state index contributed by atoms with van der Waals surface area (Å²) in [6, 6.07) is 5.85. The molecule has 0 radical (unpaired) electrons. The number of carbonyl (C=O) groups excluding carboxylic acids is 1. The predicted molar refractivity (Wildman–Crippen MR) is 73.2 cm³/mol. The maximum absolute atomic E-state index is 12.2. The van der Waals surface area contributed by atoms with Crippen molar-refractivity contribution < 1.29 is 35.1 Å². The van der Waals surface area contributed by atoms with E-state index in [2.05, 4.69) is 0 Å². The molecule has 7 nitrogen and oxygen atoms in total. The summed E-state index contributed by atoms with van der Waals surface area (Å²) in [5, 5.41) is 47.8. The number of aliphatic hydroxyl groups excluding tert-OH is 1. The zero-order valence-corrected chi connectivity index (χ0v) is 11.1. The van der Waals surface area contributed by atoms with Crippen LogP contribution in [0.3, 0.4) is 0 Å². The number of hydrogen-bond acceptors (Lipinski definition) is 7. The van der Waals surface area contributed by atoms with Crippen molar-refractivity contribution in [2.24, 2.45) is 0 Å². The molecule has 0 spiro atoms. The van der Waals surface area contributed by atoms with E-state index in [4.69, 9.17) is 4.74 Å². The lowest BCUT2D eigenvalue weighted by Gasteiger charge is -2.30. The van der Waals surface area contributed by atoms with Gasteiger partial charge in [-0.15, -0.1) is 0 Å². The minimum absolute atomic E-state index is 0.00293. The Morgan fingerprint density at radius 2 is 1.50 bits per heavy atom. The van der Waals surface area contributed by atoms with Crippen LogP contribution < -0.4 is 4.74 Å². The summed E-state index contributed by atoms with van der Waals surface area (Å²) in [5.74, 6) is -2.40. The second-order valence-corrected chi connectivity index (χ2v) is 4.93. The van der Waals surface area contributed by atoms with Gasteiger partial charge in [0.05, 0.1) is 5.56 Å². The monoisotopic (exact) mass is 304 g/mol. The predicted octanol–water partition coefficient (Wildman–Crippen LogP) is 1.19. The SMILES string of the molecule is O=C1c2cc(O)c(O)cc2O[C@@H](c2ccc(O)c(O)c2)[C@H]1O. The van der Waals surface area contributed by atoms with Crippen LogP contribution in [0, 0.1) is 0 Å². The summed E-state index contributed by atoms with van der Waals surface area (Å²) in [4.78, 5) is 12.2. The van der Waals surface area contributed by atoms with Gasteiger partial charge in [-0.2, -0.15) is 0 Å². The molecule has 1 aliphatic rings. The van der Waals surface area contributed by atoms with Gasteiger partial charge in [-0.3, -0.25) is 4.79 Å². The Kier molecular flexibility index (Phi) is 3.07. The number of aromatic hydroxyl groups is 4. The van der Waals surface area contributed by atoms with Gasteiger partial charge < -0.3 is 30.3 Å². The molecule has 0 fully saturated rings. The second-order valence-electron chi connectivity index (χ2n) is 4.93. The number of rotatable bonds is 1. The first-order chi connectivity index (χ1) is 10.4. The Balaban J connectivity index is 2.06. The van der Waals surface area contributed by atoms with E-state index in [1.54, 1.807) is 0 Å². The van der Waals surface area contributed by atoms with Crippen LogP contribution >= 0.6 is 0 Å². The Labute approximate surface area is 124 Å². The molecule has 0 saturated heterocycles. The van der Waals surface area contributed by atoms with E-state index in [0.717, 1.165) is 12.1 Å². The first kappa shape index (κ1) is 14.0. The summed E-state index contributed by atoms with van der Waals surface area (Å²) >= 11 is 0. The summed E-state index contributed by atoms with van der Waals surface area (Å²) in [6.45, 7) is 0. The third-order valence-electron chi connectivity index (χ3n) is 3.48. The molecular formula is C15H12O7. The molecule has 2 aromatic carbocycles. The van der Waals surface area contributed by atoms with Crippen LogP contribution in [-0.4, -0.2) is 37.4 Å². The molecule has 22 heavy (non-hydrogen) atoms.